The molecule has 0 aliphatic carbocycles. The van der Waals surface area contributed by atoms with E-state index in [2.05, 4.69) is 42.7 Å². The molecule has 18 heavy (non-hydrogen) atoms. The molecule has 3 N–H and O–H groups in total. The van der Waals surface area contributed by atoms with E-state index in [4.69, 9.17) is 5.73 Å². The molecule has 0 aliphatic heterocycles. The summed E-state index contributed by atoms with van der Waals surface area (Å²) in [6.45, 7) is 8.32. The molecule has 96 valence electrons. The Morgan fingerprint density at radius 2 is 2.11 bits per heavy atom. The maximum absolute atomic E-state index is 5.64. The van der Waals surface area contributed by atoms with Crippen LogP contribution in [0.2, 0.25) is 0 Å². The van der Waals surface area contributed by atoms with Gasteiger partial charge in [0, 0.05) is 19.3 Å². The highest BCUT2D eigenvalue weighted by Crippen LogP contribution is 2.13. The van der Waals surface area contributed by atoms with Crippen LogP contribution in [0.4, 0.5) is 0 Å². The van der Waals surface area contributed by atoms with Crippen LogP contribution < -0.4 is 11.1 Å². The molecular formula is C16H22N2. The molecule has 0 aliphatic rings. The lowest BCUT2D eigenvalue weighted by atomic mass is 10.0. The fraction of sp³-hybridized carbons (Fsp3) is 0.250. The highest BCUT2D eigenvalue weighted by Gasteiger charge is 1.98. The molecule has 2 heteroatoms. The van der Waals surface area contributed by atoms with Crippen molar-refractivity contribution in [1.29, 1.82) is 0 Å². The predicted octanol–water partition coefficient (Wildman–Crippen LogP) is 2.92. The van der Waals surface area contributed by atoms with Gasteiger partial charge in [-0.05, 0) is 35.6 Å². The molecule has 2 nitrogen and oxygen atoms in total. The summed E-state index contributed by atoms with van der Waals surface area (Å²) in [5, 5.41) is 3.01. The van der Waals surface area contributed by atoms with Crippen molar-refractivity contribution in [2.75, 3.05) is 7.05 Å². The average molecular weight is 242 g/mol. The summed E-state index contributed by atoms with van der Waals surface area (Å²) in [5.41, 5.74) is 10.2. The quantitative estimate of drug-likeness (QED) is 0.721. The van der Waals surface area contributed by atoms with Crippen LogP contribution in [0.1, 0.15) is 17.5 Å². The number of hydrogen-bond acceptors (Lipinski definition) is 2. The number of nitrogens with one attached hydrogen (secondary N) is 1. The molecule has 0 radical (unpaired) electrons. The number of aryl methyl sites for hydroxylation is 1. The summed E-state index contributed by atoms with van der Waals surface area (Å²) in [6.07, 6.45) is 5.86. The SMILES string of the molecule is C=C/C(=C\C(=C)NC)CCc1cccc(CN)c1. The Morgan fingerprint density at radius 1 is 1.39 bits per heavy atom. The van der Waals surface area contributed by atoms with Crippen LogP contribution in [-0.2, 0) is 13.0 Å². The van der Waals surface area contributed by atoms with E-state index in [1.54, 1.807) is 0 Å². The smallest absolute Gasteiger partial charge is 0.0267 e. The molecule has 0 atom stereocenters. The van der Waals surface area contributed by atoms with E-state index in [1.807, 2.05) is 19.2 Å². The molecule has 0 fully saturated rings. The van der Waals surface area contributed by atoms with E-state index < -0.39 is 0 Å². The summed E-state index contributed by atoms with van der Waals surface area (Å²) in [5.74, 6) is 0. The van der Waals surface area contributed by atoms with E-state index in [-0.39, 0.29) is 0 Å². The van der Waals surface area contributed by atoms with Gasteiger partial charge in [0.15, 0.2) is 0 Å². The zero-order chi connectivity index (χ0) is 13.4. The molecule has 1 aromatic rings. The van der Waals surface area contributed by atoms with Crippen LogP contribution >= 0.6 is 0 Å². The van der Waals surface area contributed by atoms with Crippen LogP contribution in [0.15, 0.2) is 60.8 Å². The summed E-state index contributed by atoms with van der Waals surface area (Å²) in [4.78, 5) is 0. The Bertz CT molecular complexity index is 444. The van der Waals surface area contributed by atoms with Crippen molar-refractivity contribution in [3.63, 3.8) is 0 Å². The van der Waals surface area contributed by atoms with E-state index >= 15 is 0 Å². The third-order valence-corrected chi connectivity index (χ3v) is 2.87. The lowest BCUT2D eigenvalue weighted by Gasteiger charge is -2.06. The van der Waals surface area contributed by atoms with Gasteiger partial charge in [0.05, 0.1) is 0 Å². The molecule has 0 unspecified atom stereocenters. The van der Waals surface area contributed by atoms with Crippen LogP contribution in [0.25, 0.3) is 0 Å². The lowest BCUT2D eigenvalue weighted by Crippen LogP contribution is -2.02. The molecule has 1 aromatic carbocycles. The van der Waals surface area contributed by atoms with Gasteiger partial charge in [-0.15, -0.1) is 0 Å². The summed E-state index contributed by atoms with van der Waals surface area (Å²) >= 11 is 0. The summed E-state index contributed by atoms with van der Waals surface area (Å²) in [7, 11) is 1.87. The van der Waals surface area contributed by atoms with Crippen molar-refractivity contribution in [2.45, 2.75) is 19.4 Å². The third-order valence-electron chi connectivity index (χ3n) is 2.87. The minimum absolute atomic E-state index is 0.592. The van der Waals surface area contributed by atoms with E-state index in [0.29, 0.717) is 6.54 Å². The Kier molecular flexibility index (Phi) is 5.95. The fourth-order valence-electron chi connectivity index (χ4n) is 1.73. The van der Waals surface area contributed by atoms with E-state index in [1.165, 1.54) is 16.7 Å². The summed E-state index contributed by atoms with van der Waals surface area (Å²) in [6, 6.07) is 8.40. The minimum atomic E-state index is 0.592. The molecule has 0 spiro atoms. The second-order valence-electron chi connectivity index (χ2n) is 4.22. The fourth-order valence-corrected chi connectivity index (χ4v) is 1.73. The van der Waals surface area contributed by atoms with Crippen molar-refractivity contribution in [3.05, 3.63) is 72.0 Å². The van der Waals surface area contributed by atoms with Crippen LogP contribution in [-0.4, -0.2) is 7.05 Å². The standard InChI is InChI=1S/C16H22N2/c1-4-14(10-13(2)18-3)8-9-15-6-5-7-16(11-15)12-17/h4-7,10-11,18H,1-2,8-9,12,17H2,3H3/b14-10+. The Hall–Kier alpha value is -1.80. The number of benzene rings is 1. The number of rotatable bonds is 7. The maximum Gasteiger partial charge on any atom is 0.0267 e. The average Bonchev–Trinajstić information content (AvgIpc) is 2.43. The Labute approximate surface area is 110 Å². The lowest BCUT2D eigenvalue weighted by molar-refractivity contribution is 0.945. The van der Waals surface area contributed by atoms with E-state index in [9.17, 15) is 0 Å². The zero-order valence-corrected chi connectivity index (χ0v) is 11.1. The van der Waals surface area contributed by atoms with Gasteiger partial charge in [0.25, 0.3) is 0 Å². The first-order valence-corrected chi connectivity index (χ1v) is 6.17. The number of hydrogen-bond donors (Lipinski definition) is 2. The molecule has 1 rings (SSSR count). The van der Waals surface area contributed by atoms with Gasteiger partial charge < -0.3 is 11.1 Å². The van der Waals surface area contributed by atoms with Crippen molar-refractivity contribution < 1.29 is 0 Å². The highest BCUT2D eigenvalue weighted by atomic mass is 14.8. The van der Waals surface area contributed by atoms with Crippen LogP contribution in [0.5, 0.6) is 0 Å². The molecule has 0 bridgehead atoms. The van der Waals surface area contributed by atoms with E-state index in [0.717, 1.165) is 18.5 Å². The first-order valence-electron chi connectivity index (χ1n) is 6.17. The van der Waals surface area contributed by atoms with Crippen molar-refractivity contribution in [1.82, 2.24) is 5.32 Å². The van der Waals surface area contributed by atoms with Crippen molar-refractivity contribution in [2.24, 2.45) is 5.73 Å². The first kappa shape index (κ1) is 14.3. The van der Waals surface area contributed by atoms with Crippen LogP contribution in [0, 0.1) is 0 Å². The molecule has 0 heterocycles. The van der Waals surface area contributed by atoms with Gasteiger partial charge in [0.2, 0.25) is 0 Å². The van der Waals surface area contributed by atoms with Gasteiger partial charge in [-0.25, -0.2) is 0 Å². The van der Waals surface area contributed by atoms with Gasteiger partial charge in [-0.1, -0.05) is 43.5 Å². The molecule has 0 amide bonds. The van der Waals surface area contributed by atoms with Crippen molar-refractivity contribution in [3.8, 4) is 0 Å². The van der Waals surface area contributed by atoms with Crippen molar-refractivity contribution >= 4 is 0 Å². The molecular weight excluding hydrogens is 220 g/mol. The first-order chi connectivity index (χ1) is 8.69. The topological polar surface area (TPSA) is 38.0 Å². The second-order valence-corrected chi connectivity index (χ2v) is 4.22. The normalized spacial score (nSPS) is 11.1. The number of nitrogens with two attached hydrogens (primary N) is 1. The molecule has 0 saturated heterocycles. The largest absolute Gasteiger partial charge is 0.389 e. The Balaban J connectivity index is 2.65. The minimum Gasteiger partial charge on any atom is -0.389 e. The maximum atomic E-state index is 5.64. The van der Waals surface area contributed by atoms with Gasteiger partial charge in [0.1, 0.15) is 0 Å². The summed E-state index contributed by atoms with van der Waals surface area (Å²) < 4.78 is 0. The zero-order valence-electron chi connectivity index (χ0n) is 11.1. The number of likely N-dealkylation sites (N-methyl/N-ethyl adjacent to an activating group) is 1. The predicted molar refractivity (Wildman–Crippen MR) is 79.1 cm³/mol. The third kappa shape index (κ3) is 4.60. The second kappa shape index (κ2) is 7.51. The van der Waals surface area contributed by atoms with Gasteiger partial charge in [-0.2, -0.15) is 0 Å². The van der Waals surface area contributed by atoms with Gasteiger partial charge in [-0.3, -0.25) is 0 Å². The van der Waals surface area contributed by atoms with Gasteiger partial charge >= 0.3 is 0 Å². The number of allylic oxidation sites excluding steroid dienone is 3. The molecule has 0 saturated carbocycles. The van der Waals surface area contributed by atoms with Crippen LogP contribution in [0.3, 0.4) is 0 Å². The molecule has 0 aromatic heterocycles. The monoisotopic (exact) mass is 242 g/mol. The Morgan fingerprint density at radius 3 is 2.72 bits per heavy atom. The highest BCUT2D eigenvalue weighted by molar-refractivity contribution is 5.29.